The molecule has 0 aliphatic rings. The Labute approximate surface area is 114 Å². The molecule has 2 aromatic rings. The molecule has 0 aliphatic heterocycles. The third kappa shape index (κ3) is 2.89. The minimum atomic E-state index is 0.699. The first-order valence-corrected chi connectivity index (χ1v) is 6.57. The molecule has 2 rings (SSSR count). The van der Waals surface area contributed by atoms with Gasteiger partial charge in [0.15, 0.2) is 0 Å². The number of halogens is 2. The summed E-state index contributed by atoms with van der Waals surface area (Å²) in [5, 5.41) is 3.94. The lowest BCUT2D eigenvalue weighted by atomic mass is 10.3. The standard InChI is InChI=1S/C12H13BrClN3/c1-2-15-6-9-7-17(8-16-9)11-5-3-4-10(14)12(11)13/h3-5,7-8,15H,2,6H2,1H3. The van der Waals surface area contributed by atoms with E-state index in [9.17, 15) is 0 Å². The molecule has 1 heterocycles. The van der Waals surface area contributed by atoms with Gasteiger partial charge in [0, 0.05) is 12.7 Å². The van der Waals surface area contributed by atoms with Gasteiger partial charge in [-0.15, -0.1) is 0 Å². The average Bonchev–Trinajstić information content (AvgIpc) is 2.78. The number of nitrogens with one attached hydrogen (secondary N) is 1. The first kappa shape index (κ1) is 12.6. The number of hydrogen-bond donors (Lipinski definition) is 1. The Balaban J connectivity index is 2.27. The lowest BCUT2D eigenvalue weighted by Crippen LogP contribution is -2.11. The molecule has 0 aliphatic carbocycles. The molecular weight excluding hydrogens is 302 g/mol. The summed E-state index contributed by atoms with van der Waals surface area (Å²) in [6.45, 7) is 3.79. The maximum atomic E-state index is 6.06. The van der Waals surface area contributed by atoms with E-state index in [1.165, 1.54) is 0 Å². The Kier molecular flexibility index (Phi) is 4.20. The average molecular weight is 315 g/mol. The van der Waals surface area contributed by atoms with Gasteiger partial charge in [-0.2, -0.15) is 0 Å². The van der Waals surface area contributed by atoms with Crippen LogP contribution < -0.4 is 5.32 Å². The van der Waals surface area contributed by atoms with E-state index in [1.54, 1.807) is 6.33 Å². The van der Waals surface area contributed by atoms with Crippen LogP contribution in [0.2, 0.25) is 5.02 Å². The van der Waals surface area contributed by atoms with Crippen LogP contribution in [0.25, 0.3) is 5.69 Å². The monoisotopic (exact) mass is 313 g/mol. The maximum Gasteiger partial charge on any atom is 0.0996 e. The minimum Gasteiger partial charge on any atom is -0.311 e. The molecular formula is C12H13BrClN3. The molecule has 0 amide bonds. The van der Waals surface area contributed by atoms with E-state index in [2.05, 4.69) is 33.2 Å². The summed E-state index contributed by atoms with van der Waals surface area (Å²) in [6.07, 6.45) is 3.79. The normalized spacial score (nSPS) is 10.8. The highest BCUT2D eigenvalue weighted by Crippen LogP contribution is 2.28. The van der Waals surface area contributed by atoms with Crippen molar-refractivity contribution in [2.45, 2.75) is 13.5 Å². The number of rotatable bonds is 4. The molecule has 0 bridgehead atoms. The number of imidazole rings is 1. The van der Waals surface area contributed by atoms with Crippen LogP contribution in [0.4, 0.5) is 0 Å². The molecule has 5 heteroatoms. The van der Waals surface area contributed by atoms with Gasteiger partial charge in [0.25, 0.3) is 0 Å². The Morgan fingerprint density at radius 3 is 3.06 bits per heavy atom. The molecule has 0 saturated carbocycles. The Hall–Kier alpha value is -0.840. The molecule has 0 saturated heterocycles. The van der Waals surface area contributed by atoms with Gasteiger partial charge >= 0.3 is 0 Å². The number of hydrogen-bond acceptors (Lipinski definition) is 2. The largest absolute Gasteiger partial charge is 0.311 e. The zero-order chi connectivity index (χ0) is 12.3. The van der Waals surface area contributed by atoms with Gasteiger partial charge in [0.1, 0.15) is 0 Å². The predicted octanol–water partition coefficient (Wildman–Crippen LogP) is 3.40. The van der Waals surface area contributed by atoms with Gasteiger partial charge < -0.3 is 9.88 Å². The summed E-state index contributed by atoms with van der Waals surface area (Å²) in [4.78, 5) is 4.34. The fourth-order valence-electron chi connectivity index (χ4n) is 1.53. The molecule has 1 N–H and O–H groups in total. The first-order chi connectivity index (χ1) is 8.22. The van der Waals surface area contributed by atoms with E-state index in [4.69, 9.17) is 11.6 Å². The van der Waals surface area contributed by atoms with Crippen molar-refractivity contribution in [2.24, 2.45) is 0 Å². The molecule has 17 heavy (non-hydrogen) atoms. The van der Waals surface area contributed by atoms with Crippen LogP contribution in [-0.2, 0) is 6.54 Å². The highest BCUT2D eigenvalue weighted by Gasteiger charge is 2.06. The number of aromatic nitrogens is 2. The Morgan fingerprint density at radius 1 is 1.47 bits per heavy atom. The van der Waals surface area contributed by atoms with Crippen molar-refractivity contribution < 1.29 is 0 Å². The second-order valence-electron chi connectivity index (χ2n) is 3.63. The molecule has 0 atom stereocenters. The van der Waals surface area contributed by atoms with Crippen LogP contribution in [0.3, 0.4) is 0 Å². The van der Waals surface area contributed by atoms with E-state index in [-0.39, 0.29) is 0 Å². The fourth-order valence-corrected chi connectivity index (χ4v) is 2.17. The van der Waals surface area contributed by atoms with Gasteiger partial charge in [-0.1, -0.05) is 24.6 Å². The summed E-state index contributed by atoms with van der Waals surface area (Å²) in [5.41, 5.74) is 2.01. The van der Waals surface area contributed by atoms with Crippen molar-refractivity contribution in [1.82, 2.24) is 14.9 Å². The lowest BCUT2D eigenvalue weighted by Gasteiger charge is -2.06. The third-order valence-corrected chi connectivity index (χ3v) is 3.78. The van der Waals surface area contributed by atoms with Crippen LogP contribution >= 0.6 is 27.5 Å². The summed E-state index contributed by atoms with van der Waals surface area (Å²) in [6, 6.07) is 5.77. The molecule has 0 radical (unpaired) electrons. The Bertz CT molecular complexity index is 510. The van der Waals surface area contributed by atoms with Crippen molar-refractivity contribution >= 4 is 27.5 Å². The van der Waals surface area contributed by atoms with Crippen molar-refractivity contribution in [1.29, 1.82) is 0 Å². The highest BCUT2D eigenvalue weighted by molar-refractivity contribution is 9.10. The third-order valence-electron chi connectivity index (χ3n) is 2.40. The number of benzene rings is 1. The van der Waals surface area contributed by atoms with Crippen LogP contribution in [-0.4, -0.2) is 16.1 Å². The zero-order valence-corrected chi connectivity index (χ0v) is 11.8. The molecule has 0 unspecified atom stereocenters. The van der Waals surface area contributed by atoms with E-state index >= 15 is 0 Å². The van der Waals surface area contributed by atoms with Crippen LogP contribution in [0, 0.1) is 0 Å². The van der Waals surface area contributed by atoms with E-state index in [0.717, 1.165) is 28.9 Å². The molecule has 1 aromatic carbocycles. The van der Waals surface area contributed by atoms with Crippen molar-refractivity contribution in [2.75, 3.05) is 6.54 Å². The maximum absolute atomic E-state index is 6.06. The first-order valence-electron chi connectivity index (χ1n) is 5.40. The van der Waals surface area contributed by atoms with Crippen molar-refractivity contribution in [3.05, 3.63) is 45.9 Å². The van der Waals surface area contributed by atoms with Crippen molar-refractivity contribution in [3.63, 3.8) is 0 Å². The highest BCUT2D eigenvalue weighted by atomic mass is 79.9. The SMILES string of the molecule is CCNCc1cn(-c2cccc(Cl)c2Br)cn1. The molecule has 0 spiro atoms. The van der Waals surface area contributed by atoms with Crippen LogP contribution in [0.15, 0.2) is 35.2 Å². The summed E-state index contributed by atoms with van der Waals surface area (Å²) in [5.74, 6) is 0. The van der Waals surface area contributed by atoms with Gasteiger partial charge in [0.05, 0.1) is 27.2 Å². The molecule has 1 aromatic heterocycles. The minimum absolute atomic E-state index is 0.699. The molecule has 90 valence electrons. The van der Waals surface area contributed by atoms with Gasteiger partial charge in [0.2, 0.25) is 0 Å². The molecule has 3 nitrogen and oxygen atoms in total. The lowest BCUT2D eigenvalue weighted by molar-refractivity contribution is 0.713. The van der Waals surface area contributed by atoms with Crippen LogP contribution in [0.1, 0.15) is 12.6 Å². The summed E-state index contributed by atoms with van der Waals surface area (Å²) in [7, 11) is 0. The summed E-state index contributed by atoms with van der Waals surface area (Å²) < 4.78 is 2.84. The fraction of sp³-hybridized carbons (Fsp3) is 0.250. The van der Waals surface area contributed by atoms with Crippen molar-refractivity contribution in [3.8, 4) is 5.69 Å². The van der Waals surface area contributed by atoms with E-state index < -0.39 is 0 Å². The molecule has 0 fully saturated rings. The number of nitrogens with zero attached hydrogens (tertiary/aromatic N) is 2. The topological polar surface area (TPSA) is 29.9 Å². The Morgan fingerprint density at radius 2 is 2.29 bits per heavy atom. The summed E-state index contributed by atoms with van der Waals surface area (Å²) >= 11 is 9.54. The van der Waals surface area contributed by atoms with E-state index in [1.807, 2.05) is 29.0 Å². The second kappa shape index (κ2) is 5.67. The predicted molar refractivity (Wildman–Crippen MR) is 73.7 cm³/mol. The van der Waals surface area contributed by atoms with Crippen LogP contribution in [0.5, 0.6) is 0 Å². The van der Waals surface area contributed by atoms with Gasteiger partial charge in [-0.25, -0.2) is 4.98 Å². The van der Waals surface area contributed by atoms with Gasteiger partial charge in [-0.3, -0.25) is 0 Å². The smallest absolute Gasteiger partial charge is 0.0996 e. The quantitative estimate of drug-likeness (QED) is 0.937. The van der Waals surface area contributed by atoms with Gasteiger partial charge in [-0.05, 0) is 34.6 Å². The van der Waals surface area contributed by atoms with E-state index in [0.29, 0.717) is 5.02 Å². The second-order valence-corrected chi connectivity index (χ2v) is 4.83. The zero-order valence-electron chi connectivity index (χ0n) is 9.45.